The van der Waals surface area contributed by atoms with Gasteiger partial charge in [-0.1, -0.05) is 15.9 Å². The lowest BCUT2D eigenvalue weighted by Crippen LogP contribution is -2.36. The van der Waals surface area contributed by atoms with Crippen molar-refractivity contribution in [2.75, 3.05) is 13.7 Å². The molecular weight excluding hydrogens is 327 g/mol. The molecule has 0 aromatic heterocycles. The molecule has 0 aliphatic rings. The van der Waals surface area contributed by atoms with Gasteiger partial charge in [-0.15, -0.1) is 0 Å². The Balaban J connectivity index is 2.95. The SMILES string of the molecule is COCC(C)NC(=O)C(C#N)=Cc1cc(Br)ccc1F. The first-order valence-electron chi connectivity index (χ1n) is 5.84. The van der Waals surface area contributed by atoms with Crippen LogP contribution in [0.3, 0.4) is 0 Å². The van der Waals surface area contributed by atoms with Gasteiger partial charge in [-0.05, 0) is 31.2 Å². The number of hydrogen-bond acceptors (Lipinski definition) is 3. The molecule has 0 saturated heterocycles. The third-order valence-electron chi connectivity index (χ3n) is 2.42. The van der Waals surface area contributed by atoms with Crippen LogP contribution < -0.4 is 5.32 Å². The molecule has 1 amide bonds. The monoisotopic (exact) mass is 340 g/mol. The Hall–Kier alpha value is -1.71. The van der Waals surface area contributed by atoms with Crippen molar-refractivity contribution in [2.45, 2.75) is 13.0 Å². The van der Waals surface area contributed by atoms with Crippen LogP contribution in [0, 0.1) is 17.1 Å². The molecule has 1 atom stereocenters. The number of hydrogen-bond donors (Lipinski definition) is 1. The zero-order valence-corrected chi connectivity index (χ0v) is 12.7. The first kappa shape index (κ1) is 16.3. The number of nitriles is 1. The molecule has 106 valence electrons. The maximum atomic E-state index is 13.6. The van der Waals surface area contributed by atoms with Crippen molar-refractivity contribution in [3.8, 4) is 6.07 Å². The summed E-state index contributed by atoms with van der Waals surface area (Å²) in [5.41, 5.74) is 0.00965. The summed E-state index contributed by atoms with van der Waals surface area (Å²) in [5.74, 6) is -1.06. The summed E-state index contributed by atoms with van der Waals surface area (Å²) in [5, 5.41) is 11.6. The zero-order valence-electron chi connectivity index (χ0n) is 11.1. The molecule has 1 unspecified atom stereocenters. The Kier molecular flexibility index (Phi) is 6.36. The van der Waals surface area contributed by atoms with Gasteiger partial charge >= 0.3 is 0 Å². The molecule has 0 bridgehead atoms. The normalized spacial score (nSPS) is 12.7. The maximum absolute atomic E-state index is 13.6. The molecule has 6 heteroatoms. The fraction of sp³-hybridized carbons (Fsp3) is 0.286. The summed E-state index contributed by atoms with van der Waals surface area (Å²) in [7, 11) is 1.51. The largest absolute Gasteiger partial charge is 0.383 e. The molecule has 1 aromatic carbocycles. The van der Waals surface area contributed by atoms with E-state index in [1.54, 1.807) is 19.1 Å². The lowest BCUT2D eigenvalue weighted by molar-refractivity contribution is -0.117. The summed E-state index contributed by atoms with van der Waals surface area (Å²) in [6.07, 6.45) is 1.22. The molecule has 0 fully saturated rings. The van der Waals surface area contributed by atoms with Gasteiger partial charge in [0.2, 0.25) is 0 Å². The van der Waals surface area contributed by atoms with E-state index in [9.17, 15) is 9.18 Å². The van der Waals surface area contributed by atoms with Gasteiger partial charge < -0.3 is 10.1 Å². The first-order valence-corrected chi connectivity index (χ1v) is 6.64. The van der Waals surface area contributed by atoms with E-state index in [4.69, 9.17) is 10.00 Å². The number of carbonyl (C=O) groups is 1. The van der Waals surface area contributed by atoms with Gasteiger partial charge in [0, 0.05) is 23.2 Å². The van der Waals surface area contributed by atoms with Crippen molar-refractivity contribution in [2.24, 2.45) is 0 Å². The average molecular weight is 341 g/mol. The van der Waals surface area contributed by atoms with Crippen LogP contribution in [0.4, 0.5) is 4.39 Å². The highest BCUT2D eigenvalue weighted by Crippen LogP contribution is 2.18. The van der Waals surface area contributed by atoms with E-state index < -0.39 is 11.7 Å². The first-order chi connectivity index (χ1) is 9.47. The van der Waals surface area contributed by atoms with E-state index in [2.05, 4.69) is 21.2 Å². The van der Waals surface area contributed by atoms with E-state index in [0.717, 1.165) is 0 Å². The van der Waals surface area contributed by atoms with Crippen molar-refractivity contribution < 1.29 is 13.9 Å². The number of nitrogens with one attached hydrogen (secondary N) is 1. The summed E-state index contributed by atoms with van der Waals surface area (Å²) in [6, 6.07) is 5.83. The minimum atomic E-state index is -0.559. The smallest absolute Gasteiger partial charge is 0.262 e. The summed E-state index contributed by atoms with van der Waals surface area (Å²) in [4.78, 5) is 11.9. The standard InChI is InChI=1S/C14H14BrFN2O2/c1-9(8-20-2)18-14(19)11(7-17)5-10-6-12(15)3-4-13(10)16/h3-6,9H,8H2,1-2H3,(H,18,19). The van der Waals surface area contributed by atoms with E-state index in [0.29, 0.717) is 11.1 Å². The minimum absolute atomic E-state index is 0.162. The number of halogens is 2. The predicted molar refractivity (Wildman–Crippen MR) is 77.2 cm³/mol. The van der Waals surface area contributed by atoms with Crippen LogP contribution in [0.1, 0.15) is 12.5 Å². The number of carbonyl (C=O) groups excluding carboxylic acids is 1. The molecule has 20 heavy (non-hydrogen) atoms. The predicted octanol–water partition coefficient (Wildman–Crippen LogP) is 2.65. The topological polar surface area (TPSA) is 62.1 Å². The Morgan fingerprint density at radius 2 is 2.35 bits per heavy atom. The second-order valence-corrected chi connectivity index (χ2v) is 5.08. The second-order valence-electron chi connectivity index (χ2n) is 4.17. The average Bonchev–Trinajstić information content (AvgIpc) is 2.39. The molecule has 0 aliphatic carbocycles. The third kappa shape index (κ3) is 4.76. The molecule has 1 N–H and O–H groups in total. The van der Waals surface area contributed by atoms with Gasteiger partial charge in [0.05, 0.1) is 6.61 Å². The van der Waals surface area contributed by atoms with Gasteiger partial charge in [-0.2, -0.15) is 5.26 Å². The van der Waals surface area contributed by atoms with Crippen LogP contribution in [0.5, 0.6) is 0 Å². The number of benzene rings is 1. The molecule has 0 radical (unpaired) electrons. The number of rotatable bonds is 5. The van der Waals surface area contributed by atoms with Crippen LogP contribution in [0.15, 0.2) is 28.2 Å². The maximum Gasteiger partial charge on any atom is 0.262 e. The number of methoxy groups -OCH3 is 1. The molecule has 4 nitrogen and oxygen atoms in total. The highest BCUT2D eigenvalue weighted by atomic mass is 79.9. The second kappa shape index (κ2) is 7.78. The van der Waals surface area contributed by atoms with Crippen LogP contribution in [-0.4, -0.2) is 25.7 Å². The van der Waals surface area contributed by atoms with Crippen LogP contribution in [-0.2, 0) is 9.53 Å². The van der Waals surface area contributed by atoms with Crippen LogP contribution >= 0.6 is 15.9 Å². The molecule has 0 aliphatic heterocycles. The molecular formula is C14H14BrFN2O2. The van der Waals surface area contributed by atoms with Crippen LogP contribution in [0.25, 0.3) is 6.08 Å². The lowest BCUT2D eigenvalue weighted by atomic mass is 10.1. The third-order valence-corrected chi connectivity index (χ3v) is 2.91. The summed E-state index contributed by atoms with van der Waals surface area (Å²) in [6.45, 7) is 2.08. The lowest BCUT2D eigenvalue weighted by Gasteiger charge is -2.12. The quantitative estimate of drug-likeness (QED) is 0.662. The Morgan fingerprint density at radius 1 is 1.65 bits per heavy atom. The number of ether oxygens (including phenoxy) is 1. The van der Waals surface area contributed by atoms with E-state index in [1.807, 2.05) is 0 Å². The Labute approximate surface area is 125 Å². The van der Waals surface area contributed by atoms with Gasteiger partial charge in [-0.3, -0.25) is 4.79 Å². The Bertz CT molecular complexity index is 567. The highest BCUT2D eigenvalue weighted by Gasteiger charge is 2.13. The zero-order chi connectivity index (χ0) is 15.1. The van der Waals surface area contributed by atoms with Crippen molar-refractivity contribution >= 4 is 27.9 Å². The van der Waals surface area contributed by atoms with Gasteiger partial charge in [0.1, 0.15) is 17.5 Å². The molecule has 0 heterocycles. The van der Waals surface area contributed by atoms with Crippen molar-refractivity contribution in [1.29, 1.82) is 5.26 Å². The fourth-order valence-electron chi connectivity index (χ4n) is 1.52. The van der Waals surface area contributed by atoms with Gasteiger partial charge in [-0.25, -0.2) is 4.39 Å². The van der Waals surface area contributed by atoms with Crippen molar-refractivity contribution in [1.82, 2.24) is 5.32 Å². The van der Waals surface area contributed by atoms with E-state index in [1.165, 1.54) is 25.3 Å². The van der Waals surface area contributed by atoms with Gasteiger partial charge in [0.15, 0.2) is 0 Å². The molecule has 0 spiro atoms. The van der Waals surface area contributed by atoms with Crippen LogP contribution in [0.2, 0.25) is 0 Å². The summed E-state index contributed by atoms with van der Waals surface area (Å²) < 4.78 is 19.1. The fourth-order valence-corrected chi connectivity index (χ4v) is 1.90. The summed E-state index contributed by atoms with van der Waals surface area (Å²) >= 11 is 3.21. The van der Waals surface area contributed by atoms with Gasteiger partial charge in [0.25, 0.3) is 5.91 Å². The highest BCUT2D eigenvalue weighted by molar-refractivity contribution is 9.10. The van der Waals surface area contributed by atoms with Crippen molar-refractivity contribution in [3.63, 3.8) is 0 Å². The van der Waals surface area contributed by atoms with E-state index >= 15 is 0 Å². The molecule has 1 aromatic rings. The van der Waals surface area contributed by atoms with E-state index in [-0.39, 0.29) is 17.2 Å². The molecule has 0 saturated carbocycles. The molecule has 1 rings (SSSR count). The number of nitrogens with zero attached hydrogens (tertiary/aromatic N) is 1. The van der Waals surface area contributed by atoms with Crippen molar-refractivity contribution in [3.05, 3.63) is 39.6 Å². The minimum Gasteiger partial charge on any atom is -0.383 e. The Morgan fingerprint density at radius 3 is 2.95 bits per heavy atom. The number of amides is 1.